The number of amides is 3. The van der Waals surface area contributed by atoms with Crippen LogP contribution in [0.1, 0.15) is 25.3 Å². The Balaban J connectivity index is 1.86. The van der Waals surface area contributed by atoms with Crippen LogP contribution in [0.5, 0.6) is 11.5 Å². The molecule has 0 spiro atoms. The zero-order chi connectivity index (χ0) is 21.8. The van der Waals surface area contributed by atoms with Crippen molar-refractivity contribution in [3.05, 3.63) is 23.8 Å². The average molecular weight is 420 g/mol. The first-order valence-electron chi connectivity index (χ1n) is 9.82. The molecule has 0 saturated carbocycles. The molecule has 1 aliphatic heterocycles. The second-order valence-electron chi connectivity index (χ2n) is 6.50. The number of methoxy groups -OCH3 is 1. The summed E-state index contributed by atoms with van der Waals surface area (Å²) in [4.78, 5) is 37.1. The van der Waals surface area contributed by atoms with Gasteiger partial charge in [-0.25, -0.2) is 5.43 Å². The van der Waals surface area contributed by atoms with E-state index in [1.165, 1.54) is 13.3 Å². The van der Waals surface area contributed by atoms with Crippen LogP contribution in [0.2, 0.25) is 0 Å². The molecular formula is C20H28N4O6. The van der Waals surface area contributed by atoms with Gasteiger partial charge in [-0.05, 0) is 30.2 Å². The lowest BCUT2D eigenvalue weighted by Crippen LogP contribution is -2.43. The van der Waals surface area contributed by atoms with Gasteiger partial charge < -0.3 is 24.4 Å². The molecule has 2 rings (SSSR count). The maximum atomic E-state index is 12.2. The van der Waals surface area contributed by atoms with Crippen LogP contribution in [-0.4, -0.2) is 75.4 Å². The van der Waals surface area contributed by atoms with Gasteiger partial charge in [0.1, 0.15) is 0 Å². The number of carbonyl (C=O) groups excluding carboxylic acids is 3. The summed E-state index contributed by atoms with van der Waals surface area (Å²) in [6, 6.07) is 4.98. The standard InChI is InChI=1S/C20H28N4O6/c1-3-4-7-21-19(26)20(27)23-22-13-15-5-6-16(17(12-15)28-2)30-14-18(25)24-8-10-29-11-9-24/h5-6,12-13H,3-4,7-11,14H2,1-2H3,(H,21,26)(H,23,27)/b22-13-. The average Bonchev–Trinajstić information content (AvgIpc) is 2.78. The molecule has 0 aromatic heterocycles. The number of carbonyl (C=O) groups is 3. The van der Waals surface area contributed by atoms with Crippen molar-refractivity contribution >= 4 is 23.9 Å². The van der Waals surface area contributed by atoms with Crippen molar-refractivity contribution in [2.75, 3.05) is 46.6 Å². The Morgan fingerprint density at radius 1 is 1.20 bits per heavy atom. The van der Waals surface area contributed by atoms with Gasteiger partial charge >= 0.3 is 11.8 Å². The topological polar surface area (TPSA) is 119 Å². The second-order valence-corrected chi connectivity index (χ2v) is 6.50. The van der Waals surface area contributed by atoms with Crippen LogP contribution in [0.4, 0.5) is 0 Å². The minimum atomic E-state index is -0.837. The quantitative estimate of drug-likeness (QED) is 0.257. The summed E-state index contributed by atoms with van der Waals surface area (Å²) in [6.07, 6.45) is 3.10. The van der Waals surface area contributed by atoms with E-state index in [1.807, 2.05) is 6.92 Å². The zero-order valence-corrected chi connectivity index (χ0v) is 17.3. The SMILES string of the molecule is CCCCNC(=O)C(=O)N/N=C\c1ccc(OCC(=O)N2CCOCC2)c(OC)c1. The second kappa shape index (κ2) is 12.4. The monoisotopic (exact) mass is 420 g/mol. The van der Waals surface area contributed by atoms with Crippen LogP contribution in [0.3, 0.4) is 0 Å². The fraction of sp³-hybridized carbons (Fsp3) is 0.500. The van der Waals surface area contributed by atoms with Crippen molar-refractivity contribution in [3.8, 4) is 11.5 Å². The van der Waals surface area contributed by atoms with E-state index in [4.69, 9.17) is 14.2 Å². The number of morpholine rings is 1. The van der Waals surface area contributed by atoms with Crippen molar-refractivity contribution < 1.29 is 28.6 Å². The number of hydrogen-bond acceptors (Lipinski definition) is 7. The molecule has 10 nitrogen and oxygen atoms in total. The number of rotatable bonds is 9. The molecule has 30 heavy (non-hydrogen) atoms. The molecule has 1 aromatic rings. The third kappa shape index (κ3) is 7.36. The Morgan fingerprint density at radius 3 is 2.67 bits per heavy atom. The molecule has 1 aromatic carbocycles. The number of hydrogen-bond donors (Lipinski definition) is 2. The van der Waals surface area contributed by atoms with Gasteiger partial charge in [-0.3, -0.25) is 14.4 Å². The van der Waals surface area contributed by atoms with Gasteiger partial charge in [0.05, 0.1) is 26.5 Å². The fourth-order valence-electron chi connectivity index (χ4n) is 2.60. The first kappa shape index (κ1) is 23.1. The number of hydrazone groups is 1. The Hall–Kier alpha value is -3.14. The first-order valence-corrected chi connectivity index (χ1v) is 9.82. The maximum Gasteiger partial charge on any atom is 0.329 e. The molecule has 2 N–H and O–H groups in total. The number of benzene rings is 1. The predicted octanol–water partition coefficient (Wildman–Crippen LogP) is 0.299. The summed E-state index contributed by atoms with van der Waals surface area (Å²) in [7, 11) is 1.48. The highest BCUT2D eigenvalue weighted by Gasteiger charge is 2.18. The minimum Gasteiger partial charge on any atom is -0.493 e. The third-order valence-corrected chi connectivity index (χ3v) is 4.30. The predicted molar refractivity (Wildman–Crippen MR) is 110 cm³/mol. The Bertz CT molecular complexity index is 762. The third-order valence-electron chi connectivity index (χ3n) is 4.30. The molecule has 0 bridgehead atoms. The van der Waals surface area contributed by atoms with Crippen LogP contribution < -0.4 is 20.2 Å². The summed E-state index contributed by atoms with van der Waals surface area (Å²) in [5.41, 5.74) is 2.79. The Morgan fingerprint density at radius 2 is 1.97 bits per heavy atom. The maximum absolute atomic E-state index is 12.2. The van der Waals surface area contributed by atoms with E-state index in [9.17, 15) is 14.4 Å². The summed E-state index contributed by atoms with van der Waals surface area (Å²) in [6.45, 7) is 4.49. The van der Waals surface area contributed by atoms with Crippen LogP contribution in [-0.2, 0) is 19.1 Å². The number of nitrogens with zero attached hydrogens (tertiary/aromatic N) is 2. The lowest BCUT2D eigenvalue weighted by Gasteiger charge is -2.26. The number of unbranched alkanes of at least 4 members (excludes halogenated alkanes) is 1. The van der Waals surface area contributed by atoms with Crippen LogP contribution >= 0.6 is 0 Å². The van der Waals surface area contributed by atoms with E-state index in [1.54, 1.807) is 23.1 Å². The van der Waals surface area contributed by atoms with Gasteiger partial charge in [0, 0.05) is 19.6 Å². The Labute approximate surface area is 175 Å². The normalized spacial score (nSPS) is 13.7. The summed E-state index contributed by atoms with van der Waals surface area (Å²) in [5, 5.41) is 6.28. The smallest absolute Gasteiger partial charge is 0.329 e. The van der Waals surface area contributed by atoms with Crippen LogP contribution in [0, 0.1) is 0 Å². The van der Waals surface area contributed by atoms with Gasteiger partial charge in [0.2, 0.25) is 0 Å². The fourth-order valence-corrected chi connectivity index (χ4v) is 2.60. The van der Waals surface area contributed by atoms with Gasteiger partial charge in [-0.2, -0.15) is 5.10 Å². The summed E-state index contributed by atoms with van der Waals surface area (Å²) >= 11 is 0. The molecule has 10 heteroatoms. The van der Waals surface area contributed by atoms with Crippen molar-refractivity contribution in [1.29, 1.82) is 0 Å². The zero-order valence-electron chi connectivity index (χ0n) is 17.3. The molecule has 1 aliphatic rings. The van der Waals surface area contributed by atoms with Gasteiger partial charge in [-0.1, -0.05) is 13.3 Å². The molecule has 1 saturated heterocycles. The van der Waals surface area contributed by atoms with Crippen LogP contribution in [0.15, 0.2) is 23.3 Å². The molecular weight excluding hydrogens is 392 g/mol. The lowest BCUT2D eigenvalue weighted by atomic mass is 10.2. The number of ether oxygens (including phenoxy) is 3. The Kier molecular flexibility index (Phi) is 9.59. The van der Waals surface area contributed by atoms with Gasteiger partial charge in [-0.15, -0.1) is 0 Å². The van der Waals surface area contributed by atoms with Crippen LogP contribution in [0.25, 0.3) is 0 Å². The van der Waals surface area contributed by atoms with E-state index in [-0.39, 0.29) is 12.5 Å². The largest absolute Gasteiger partial charge is 0.493 e. The summed E-state index contributed by atoms with van der Waals surface area (Å²) in [5.74, 6) is -0.860. The molecule has 1 heterocycles. The van der Waals surface area contributed by atoms with E-state index < -0.39 is 11.8 Å². The highest BCUT2D eigenvalue weighted by molar-refractivity contribution is 6.35. The van der Waals surface area contributed by atoms with E-state index in [0.717, 1.165) is 12.8 Å². The molecule has 0 unspecified atom stereocenters. The van der Waals surface area contributed by atoms with Crippen molar-refractivity contribution in [3.63, 3.8) is 0 Å². The van der Waals surface area contributed by atoms with E-state index in [2.05, 4.69) is 15.8 Å². The molecule has 164 valence electrons. The molecule has 1 fully saturated rings. The highest BCUT2D eigenvalue weighted by Crippen LogP contribution is 2.27. The van der Waals surface area contributed by atoms with Crippen molar-refractivity contribution in [2.24, 2.45) is 5.10 Å². The molecule has 0 radical (unpaired) electrons. The lowest BCUT2D eigenvalue weighted by molar-refractivity contribution is -0.139. The summed E-state index contributed by atoms with van der Waals surface area (Å²) < 4.78 is 16.1. The first-order chi connectivity index (χ1) is 14.5. The van der Waals surface area contributed by atoms with E-state index in [0.29, 0.717) is 49.9 Å². The van der Waals surface area contributed by atoms with Gasteiger partial charge in [0.15, 0.2) is 18.1 Å². The molecule has 3 amide bonds. The molecule has 0 atom stereocenters. The van der Waals surface area contributed by atoms with E-state index >= 15 is 0 Å². The number of nitrogens with one attached hydrogen (secondary N) is 2. The molecule has 0 aliphatic carbocycles. The minimum absolute atomic E-state index is 0.104. The van der Waals surface area contributed by atoms with Crippen molar-refractivity contribution in [2.45, 2.75) is 19.8 Å². The highest BCUT2D eigenvalue weighted by atomic mass is 16.5. The van der Waals surface area contributed by atoms with Gasteiger partial charge in [0.25, 0.3) is 5.91 Å². The van der Waals surface area contributed by atoms with Crippen molar-refractivity contribution in [1.82, 2.24) is 15.6 Å².